The Kier molecular flexibility index (Phi) is 5.61. The molecule has 1 unspecified atom stereocenters. The van der Waals surface area contributed by atoms with E-state index in [0.29, 0.717) is 6.10 Å². The van der Waals surface area contributed by atoms with Gasteiger partial charge in [-0.2, -0.15) is 0 Å². The van der Waals surface area contributed by atoms with Crippen LogP contribution in [0, 0.1) is 0 Å². The Labute approximate surface area is 116 Å². The van der Waals surface area contributed by atoms with Gasteiger partial charge in [0, 0.05) is 38.1 Å². The van der Waals surface area contributed by atoms with Crippen molar-refractivity contribution in [3.63, 3.8) is 0 Å². The molecule has 0 bridgehead atoms. The van der Waals surface area contributed by atoms with E-state index in [1.54, 1.807) is 0 Å². The van der Waals surface area contributed by atoms with Crippen molar-refractivity contribution in [2.24, 2.45) is 0 Å². The number of aromatic nitrogens is 1. The number of pyridine rings is 1. The van der Waals surface area contributed by atoms with Gasteiger partial charge >= 0.3 is 0 Å². The molecule has 2 heterocycles. The molecule has 0 saturated carbocycles. The lowest BCUT2D eigenvalue weighted by Gasteiger charge is -2.32. The second-order valence-electron chi connectivity index (χ2n) is 5.02. The molecule has 1 aromatic heterocycles. The minimum atomic E-state index is 0.399. The number of nitrogens with zero attached hydrogens (tertiary/aromatic N) is 2. The molecule has 0 aromatic carbocycles. The summed E-state index contributed by atoms with van der Waals surface area (Å²) in [6, 6.07) is 4.17. The summed E-state index contributed by atoms with van der Waals surface area (Å²) in [5, 5.41) is 3.33. The van der Waals surface area contributed by atoms with Gasteiger partial charge in [-0.3, -0.25) is 9.88 Å². The van der Waals surface area contributed by atoms with E-state index in [9.17, 15) is 0 Å². The minimum Gasteiger partial charge on any atom is -0.385 e. The molecule has 0 radical (unpaired) electrons. The summed E-state index contributed by atoms with van der Waals surface area (Å²) in [5.74, 6) is 0. The fraction of sp³-hybridized carbons (Fsp3) is 0.667. The van der Waals surface area contributed by atoms with Crippen LogP contribution in [0.4, 0.5) is 5.69 Å². The van der Waals surface area contributed by atoms with Crippen LogP contribution in [0.1, 0.15) is 32.4 Å². The SMILES string of the molecule is CCNc1ccnc(CN2CCCC(OCC)C2)c1. The molecule has 4 heteroatoms. The molecule has 1 N–H and O–H groups in total. The van der Waals surface area contributed by atoms with Crippen LogP contribution in [0.2, 0.25) is 0 Å². The Morgan fingerprint density at radius 2 is 2.37 bits per heavy atom. The second-order valence-corrected chi connectivity index (χ2v) is 5.02. The normalized spacial score (nSPS) is 20.4. The van der Waals surface area contributed by atoms with E-state index < -0.39 is 0 Å². The van der Waals surface area contributed by atoms with Crippen LogP contribution in [-0.4, -0.2) is 42.2 Å². The molecule has 1 saturated heterocycles. The van der Waals surface area contributed by atoms with Crippen LogP contribution in [0.25, 0.3) is 0 Å². The molecule has 1 fully saturated rings. The van der Waals surface area contributed by atoms with E-state index in [-0.39, 0.29) is 0 Å². The Morgan fingerprint density at radius 1 is 1.47 bits per heavy atom. The van der Waals surface area contributed by atoms with Crippen molar-refractivity contribution < 1.29 is 4.74 Å². The number of ether oxygens (including phenoxy) is 1. The second kappa shape index (κ2) is 7.46. The van der Waals surface area contributed by atoms with Gasteiger partial charge in [-0.1, -0.05) is 0 Å². The van der Waals surface area contributed by atoms with Gasteiger partial charge in [0.1, 0.15) is 0 Å². The Bertz CT molecular complexity index is 381. The molecule has 1 aromatic rings. The summed E-state index contributed by atoms with van der Waals surface area (Å²) in [6.07, 6.45) is 4.69. The summed E-state index contributed by atoms with van der Waals surface area (Å²) < 4.78 is 5.74. The summed E-state index contributed by atoms with van der Waals surface area (Å²) in [5.41, 5.74) is 2.29. The standard InChI is InChI=1S/C15H25N3O/c1-3-16-13-7-8-17-14(10-13)11-18-9-5-6-15(12-18)19-4-2/h7-8,10,15H,3-6,9,11-12H2,1-2H3,(H,16,17). The first-order chi connectivity index (χ1) is 9.31. The van der Waals surface area contributed by atoms with Crippen LogP contribution in [0.5, 0.6) is 0 Å². The summed E-state index contributed by atoms with van der Waals surface area (Å²) in [6.45, 7) is 9.03. The van der Waals surface area contributed by atoms with Crippen LogP contribution in [-0.2, 0) is 11.3 Å². The Morgan fingerprint density at radius 3 is 3.16 bits per heavy atom. The number of rotatable bonds is 6. The van der Waals surface area contributed by atoms with Gasteiger partial charge in [-0.05, 0) is 45.4 Å². The molecule has 19 heavy (non-hydrogen) atoms. The average Bonchev–Trinajstić information content (AvgIpc) is 2.40. The monoisotopic (exact) mass is 263 g/mol. The third-order valence-corrected chi connectivity index (χ3v) is 3.45. The maximum atomic E-state index is 5.74. The number of hydrogen-bond acceptors (Lipinski definition) is 4. The summed E-state index contributed by atoms with van der Waals surface area (Å²) in [7, 11) is 0. The maximum absolute atomic E-state index is 5.74. The fourth-order valence-electron chi connectivity index (χ4n) is 2.64. The highest BCUT2D eigenvalue weighted by atomic mass is 16.5. The first-order valence-corrected chi connectivity index (χ1v) is 7.34. The zero-order chi connectivity index (χ0) is 13.5. The molecule has 106 valence electrons. The summed E-state index contributed by atoms with van der Waals surface area (Å²) >= 11 is 0. The predicted molar refractivity (Wildman–Crippen MR) is 78.3 cm³/mol. The van der Waals surface area contributed by atoms with Gasteiger partial charge in [0.25, 0.3) is 0 Å². The fourth-order valence-corrected chi connectivity index (χ4v) is 2.64. The van der Waals surface area contributed by atoms with E-state index in [1.165, 1.54) is 12.8 Å². The highest BCUT2D eigenvalue weighted by molar-refractivity contribution is 5.42. The van der Waals surface area contributed by atoms with Crippen molar-refractivity contribution in [2.75, 3.05) is 31.6 Å². The van der Waals surface area contributed by atoms with Gasteiger partial charge in [0.05, 0.1) is 11.8 Å². The molecule has 0 spiro atoms. The molecule has 0 aliphatic carbocycles. The van der Waals surface area contributed by atoms with E-state index in [2.05, 4.69) is 35.1 Å². The maximum Gasteiger partial charge on any atom is 0.0702 e. The number of hydrogen-bond donors (Lipinski definition) is 1. The quantitative estimate of drug-likeness (QED) is 0.856. The smallest absolute Gasteiger partial charge is 0.0702 e. The minimum absolute atomic E-state index is 0.399. The predicted octanol–water partition coefficient (Wildman–Crippen LogP) is 2.51. The lowest BCUT2D eigenvalue weighted by Crippen LogP contribution is -2.39. The van der Waals surface area contributed by atoms with Crippen molar-refractivity contribution >= 4 is 5.69 Å². The molecule has 1 aliphatic heterocycles. The summed E-state index contributed by atoms with van der Waals surface area (Å²) in [4.78, 5) is 6.91. The molecular weight excluding hydrogens is 238 g/mol. The molecule has 4 nitrogen and oxygen atoms in total. The Hall–Kier alpha value is -1.13. The third-order valence-electron chi connectivity index (χ3n) is 3.45. The van der Waals surface area contributed by atoms with Crippen LogP contribution in [0.3, 0.4) is 0 Å². The largest absolute Gasteiger partial charge is 0.385 e. The van der Waals surface area contributed by atoms with Crippen molar-refractivity contribution in [3.05, 3.63) is 24.0 Å². The first-order valence-electron chi connectivity index (χ1n) is 7.34. The van der Waals surface area contributed by atoms with Crippen LogP contribution in [0.15, 0.2) is 18.3 Å². The molecule has 2 rings (SSSR count). The zero-order valence-electron chi connectivity index (χ0n) is 12.1. The molecule has 1 aliphatic rings. The third kappa shape index (κ3) is 4.48. The number of anilines is 1. The molecule has 1 atom stereocenters. The van der Waals surface area contributed by atoms with Crippen LogP contribution < -0.4 is 5.32 Å². The van der Waals surface area contributed by atoms with Gasteiger partial charge in [-0.25, -0.2) is 0 Å². The van der Waals surface area contributed by atoms with Crippen molar-refractivity contribution in [3.8, 4) is 0 Å². The first kappa shape index (κ1) is 14.3. The van der Waals surface area contributed by atoms with Crippen molar-refractivity contribution in [1.82, 2.24) is 9.88 Å². The zero-order valence-corrected chi connectivity index (χ0v) is 12.1. The number of nitrogens with one attached hydrogen (secondary N) is 1. The number of likely N-dealkylation sites (tertiary alicyclic amines) is 1. The highest BCUT2D eigenvalue weighted by Crippen LogP contribution is 2.16. The van der Waals surface area contributed by atoms with E-state index in [0.717, 1.165) is 44.2 Å². The van der Waals surface area contributed by atoms with Gasteiger partial charge in [0.15, 0.2) is 0 Å². The lowest BCUT2D eigenvalue weighted by molar-refractivity contribution is 0.00332. The molecular formula is C15H25N3O. The van der Waals surface area contributed by atoms with Gasteiger partial charge in [-0.15, -0.1) is 0 Å². The lowest BCUT2D eigenvalue weighted by atomic mass is 10.1. The van der Waals surface area contributed by atoms with Crippen LogP contribution >= 0.6 is 0 Å². The number of piperidine rings is 1. The van der Waals surface area contributed by atoms with Crippen molar-refractivity contribution in [2.45, 2.75) is 39.3 Å². The Balaban J connectivity index is 1.90. The molecule has 0 amide bonds. The average molecular weight is 263 g/mol. The van der Waals surface area contributed by atoms with E-state index in [1.807, 2.05) is 12.3 Å². The topological polar surface area (TPSA) is 37.4 Å². The van der Waals surface area contributed by atoms with Crippen molar-refractivity contribution in [1.29, 1.82) is 0 Å². The van der Waals surface area contributed by atoms with E-state index >= 15 is 0 Å². The van der Waals surface area contributed by atoms with Gasteiger partial charge < -0.3 is 10.1 Å². The van der Waals surface area contributed by atoms with E-state index in [4.69, 9.17) is 4.74 Å². The highest BCUT2D eigenvalue weighted by Gasteiger charge is 2.20. The van der Waals surface area contributed by atoms with Gasteiger partial charge in [0.2, 0.25) is 0 Å².